The smallest absolute Gasteiger partial charge is 0.303 e. The van der Waals surface area contributed by atoms with Crippen LogP contribution >= 0.6 is 11.3 Å². The van der Waals surface area contributed by atoms with Crippen LogP contribution < -0.4 is 16.0 Å². The average Bonchev–Trinajstić information content (AvgIpc) is 4.08. The number of benzene rings is 2. The highest BCUT2D eigenvalue weighted by molar-refractivity contribution is 7.16. The van der Waals surface area contributed by atoms with Gasteiger partial charge >= 0.3 is 5.97 Å². The van der Waals surface area contributed by atoms with Gasteiger partial charge in [0.05, 0.1) is 11.4 Å². The molecule has 75 heavy (non-hydrogen) atoms. The third-order valence-corrected chi connectivity index (χ3v) is 13.3. The molecular formula is C54H66N18O2S. The van der Waals surface area contributed by atoms with Gasteiger partial charge in [-0.15, -0.1) is 30.7 Å². The number of nitrogens with zero attached hydrogens (tertiary/aromatic N) is 16. The van der Waals surface area contributed by atoms with Crippen LogP contribution in [0.1, 0.15) is 142 Å². The second-order valence-corrected chi connectivity index (χ2v) is 23.1. The molecule has 0 aliphatic carbocycles. The van der Waals surface area contributed by atoms with Crippen molar-refractivity contribution in [3.8, 4) is 22.4 Å². The Morgan fingerprint density at radius 2 is 1.27 bits per heavy atom. The molecule has 0 radical (unpaired) electrons. The fourth-order valence-electron chi connectivity index (χ4n) is 9.23. The predicted octanol–water partition coefficient (Wildman–Crippen LogP) is 13.0. The Kier molecular flexibility index (Phi) is 15.0. The number of aliphatic carboxylic acids is 1. The minimum atomic E-state index is -0.878. The summed E-state index contributed by atoms with van der Waals surface area (Å²) in [6.07, 6.45) is 0.359. The van der Waals surface area contributed by atoms with Gasteiger partial charge in [-0.1, -0.05) is 109 Å². The molecule has 7 aromatic rings. The molecule has 0 aliphatic heterocycles. The molecule has 0 amide bonds. The molecule has 20 nitrogen and oxygen atoms in total. The van der Waals surface area contributed by atoms with E-state index in [-0.39, 0.29) is 39.6 Å². The predicted molar refractivity (Wildman–Crippen MR) is 293 cm³/mol. The average molecular weight is 1030 g/mol. The number of anilines is 5. The van der Waals surface area contributed by atoms with Gasteiger partial charge in [0.15, 0.2) is 34.7 Å². The van der Waals surface area contributed by atoms with E-state index in [0.717, 1.165) is 56.1 Å². The van der Waals surface area contributed by atoms with E-state index in [2.05, 4.69) is 79.1 Å². The van der Waals surface area contributed by atoms with Crippen molar-refractivity contribution < 1.29 is 9.90 Å². The molecule has 5 heterocycles. The van der Waals surface area contributed by atoms with Gasteiger partial charge in [-0.25, -0.2) is 9.67 Å². The number of rotatable bonds is 14. The van der Waals surface area contributed by atoms with Gasteiger partial charge in [0.2, 0.25) is 10.3 Å². The third kappa shape index (κ3) is 11.2. The van der Waals surface area contributed by atoms with E-state index in [9.17, 15) is 20.4 Å². The Morgan fingerprint density at radius 1 is 0.720 bits per heavy atom. The zero-order chi connectivity index (χ0) is 55.2. The number of carbonyl (C=O) groups is 1. The maximum Gasteiger partial charge on any atom is 0.303 e. The second-order valence-electron chi connectivity index (χ2n) is 22.2. The van der Waals surface area contributed by atoms with E-state index >= 15 is 0 Å². The van der Waals surface area contributed by atoms with E-state index in [4.69, 9.17) is 31.1 Å². The summed E-state index contributed by atoms with van der Waals surface area (Å²) in [7, 11) is 1.71. The number of azo groups is 2. The SMILES string of the molecule is Cc1cc(C)c(Nc2nc(N(CCCC(=O)O)c3c(C)cc(C)cc3C)cc(C)c2N=Nc2c(C#N)c(C(C)(C)C)nn2-c2nnc(-n3nc(C(C)(C)C)c(N=Nc4c(C(C)(C)C)c(C#N)nn4C)c3N)s2)c(C)c1. The van der Waals surface area contributed by atoms with Crippen LogP contribution in [0.15, 0.2) is 50.8 Å². The number of aryl methyl sites for hydroxylation is 8. The van der Waals surface area contributed by atoms with Crippen LogP contribution in [0.4, 0.5) is 51.8 Å². The van der Waals surface area contributed by atoms with Gasteiger partial charge in [0.25, 0.3) is 0 Å². The molecule has 0 atom stereocenters. The zero-order valence-electron chi connectivity index (χ0n) is 46.0. The van der Waals surface area contributed by atoms with Crippen LogP contribution in [-0.2, 0) is 28.1 Å². The van der Waals surface area contributed by atoms with Gasteiger partial charge in [-0.2, -0.15) is 35.2 Å². The molecular weight excluding hydrogens is 965 g/mol. The molecule has 0 bridgehead atoms. The molecule has 2 aromatic carbocycles. The summed E-state index contributed by atoms with van der Waals surface area (Å²) in [5.74, 6) is 0.792. The van der Waals surface area contributed by atoms with E-state index in [1.54, 1.807) is 7.05 Å². The summed E-state index contributed by atoms with van der Waals surface area (Å²) in [6, 6.07) is 14.9. The monoisotopic (exact) mass is 1030 g/mol. The lowest BCUT2D eigenvalue weighted by Crippen LogP contribution is -2.23. The highest BCUT2D eigenvalue weighted by Crippen LogP contribution is 2.44. The first-order valence-corrected chi connectivity index (χ1v) is 25.4. The number of nitrogen functional groups attached to an aromatic ring is 1. The van der Waals surface area contributed by atoms with E-state index in [1.807, 2.05) is 110 Å². The van der Waals surface area contributed by atoms with Crippen molar-refractivity contribution in [3.63, 3.8) is 0 Å². The third-order valence-electron chi connectivity index (χ3n) is 12.5. The zero-order valence-corrected chi connectivity index (χ0v) is 46.8. The Bertz CT molecular complexity index is 3470. The molecule has 7 rings (SSSR count). The Labute approximate surface area is 442 Å². The highest BCUT2D eigenvalue weighted by atomic mass is 32.1. The number of nitriles is 2. The molecule has 0 saturated carbocycles. The molecule has 0 unspecified atom stereocenters. The highest BCUT2D eigenvalue weighted by Gasteiger charge is 2.33. The standard InChI is InChI=1S/C54H66N18O2S/c1-28-21-30(3)40(31(4)22-28)59-47-41(32(5)25-37(58-47)70(20-18-19-38(73)74)43-33(6)23-29(2)24-34(43)7)60-62-48-35(26-55)44(53(11,12)13)67-72(48)51-65-64-50(75-51)71-46(57)42(45(68-71)54(14,15)16)61-63-49-39(52(8,9)10)36(27-56)66-69(49)17/h21-25H,18-20,57H2,1-17H3,(H,58,59)(H,73,74). The minimum absolute atomic E-state index is 0.0164. The molecule has 0 fully saturated rings. The largest absolute Gasteiger partial charge is 0.481 e. The van der Waals surface area contributed by atoms with Gasteiger partial charge in [-0.05, 0) is 94.2 Å². The second kappa shape index (κ2) is 20.6. The summed E-state index contributed by atoms with van der Waals surface area (Å²) in [4.78, 5) is 19.1. The quantitative estimate of drug-likeness (QED) is 0.0856. The summed E-state index contributed by atoms with van der Waals surface area (Å²) in [5, 5.41) is 77.0. The number of pyridine rings is 1. The van der Waals surface area contributed by atoms with Crippen molar-refractivity contribution >= 4 is 69.1 Å². The van der Waals surface area contributed by atoms with Gasteiger partial charge in [0, 0.05) is 47.8 Å². The van der Waals surface area contributed by atoms with Crippen LogP contribution in [0.2, 0.25) is 0 Å². The van der Waals surface area contributed by atoms with Crippen molar-refractivity contribution in [1.29, 1.82) is 10.5 Å². The van der Waals surface area contributed by atoms with Crippen molar-refractivity contribution in [3.05, 3.63) is 97.5 Å². The van der Waals surface area contributed by atoms with Gasteiger partial charge < -0.3 is 21.1 Å². The van der Waals surface area contributed by atoms with Crippen LogP contribution in [0.3, 0.4) is 0 Å². The summed E-state index contributed by atoms with van der Waals surface area (Å²) in [5.41, 5.74) is 16.9. The lowest BCUT2D eigenvalue weighted by molar-refractivity contribution is -0.137. The van der Waals surface area contributed by atoms with Crippen LogP contribution in [0.25, 0.3) is 10.3 Å². The van der Waals surface area contributed by atoms with Gasteiger partial charge in [0.1, 0.15) is 29.2 Å². The first-order chi connectivity index (χ1) is 35.0. The van der Waals surface area contributed by atoms with E-state index in [1.165, 1.54) is 14.0 Å². The van der Waals surface area contributed by atoms with Gasteiger partial charge in [-0.3, -0.25) is 4.79 Å². The van der Waals surface area contributed by atoms with E-state index < -0.39 is 22.2 Å². The topological polar surface area (TPSA) is 268 Å². The first-order valence-electron chi connectivity index (χ1n) is 24.6. The maximum atomic E-state index is 11.8. The Morgan fingerprint density at radius 3 is 1.81 bits per heavy atom. The van der Waals surface area contributed by atoms with E-state index in [0.29, 0.717) is 64.3 Å². The number of nitrogens with two attached hydrogens (primary N) is 1. The van der Waals surface area contributed by atoms with Crippen LogP contribution in [0, 0.1) is 71.1 Å². The minimum Gasteiger partial charge on any atom is -0.481 e. The molecule has 5 aromatic heterocycles. The fraction of sp³-hybridized carbons (Fsp3) is 0.426. The van der Waals surface area contributed by atoms with Crippen LogP contribution in [-0.4, -0.2) is 62.1 Å². The number of carboxylic acid groups (broad SMARTS) is 1. The number of carboxylic acids is 1. The first kappa shape index (κ1) is 54.6. The summed E-state index contributed by atoms with van der Waals surface area (Å²) in [6.45, 7) is 32.3. The van der Waals surface area contributed by atoms with Crippen molar-refractivity contribution in [2.75, 3.05) is 22.5 Å². The molecule has 21 heteroatoms. The number of nitrogens with one attached hydrogen (secondary N) is 1. The molecule has 0 spiro atoms. The summed E-state index contributed by atoms with van der Waals surface area (Å²) < 4.78 is 4.45. The molecule has 0 aliphatic rings. The maximum absolute atomic E-state index is 11.8. The van der Waals surface area contributed by atoms with Crippen molar-refractivity contribution in [2.45, 2.75) is 140 Å². The lowest BCUT2D eigenvalue weighted by Gasteiger charge is -2.29. The number of hydrogen-bond acceptors (Lipinski definition) is 17. The number of hydrogen-bond donors (Lipinski definition) is 3. The molecule has 0 saturated heterocycles. The molecule has 390 valence electrons. The van der Waals surface area contributed by atoms with Crippen molar-refractivity contribution in [1.82, 2.24) is 44.5 Å². The van der Waals surface area contributed by atoms with Crippen LogP contribution in [0.5, 0.6) is 0 Å². The fourth-order valence-corrected chi connectivity index (χ4v) is 10.00. The normalized spacial score (nSPS) is 12.3. The number of aromatic nitrogens is 9. The lowest BCUT2D eigenvalue weighted by atomic mass is 9.86. The Hall–Kier alpha value is -8.17. The van der Waals surface area contributed by atoms with Crippen molar-refractivity contribution in [2.24, 2.45) is 27.5 Å². The molecule has 4 N–H and O–H groups in total. The Balaban J connectivity index is 1.38. The summed E-state index contributed by atoms with van der Waals surface area (Å²) >= 11 is 1.12.